The van der Waals surface area contributed by atoms with Crippen LogP contribution in [-0.4, -0.2) is 48.0 Å². The Morgan fingerprint density at radius 2 is 1.62 bits per heavy atom. The van der Waals surface area contributed by atoms with Crippen molar-refractivity contribution in [2.24, 2.45) is 29.6 Å². The minimum Gasteiger partial charge on any atom is -0.502 e. The number of phenols is 1. The number of rotatable bonds is 7. The molecule has 6 unspecified atom stereocenters. The third-order valence-corrected chi connectivity index (χ3v) is 10.3. The van der Waals surface area contributed by atoms with E-state index in [9.17, 15) is 19.5 Å². The van der Waals surface area contributed by atoms with Crippen molar-refractivity contribution in [1.29, 1.82) is 0 Å². The van der Waals surface area contributed by atoms with Crippen LogP contribution in [0.3, 0.4) is 0 Å². The van der Waals surface area contributed by atoms with Gasteiger partial charge in [-0.1, -0.05) is 71.8 Å². The number of nitrogens with one attached hydrogen (secondary N) is 2. The zero-order valence-electron chi connectivity index (χ0n) is 26.2. The molecule has 2 saturated heterocycles. The van der Waals surface area contributed by atoms with Gasteiger partial charge in [0.1, 0.15) is 0 Å². The highest BCUT2D eigenvalue weighted by atomic mass is 16.5. The third kappa shape index (κ3) is 4.61. The van der Waals surface area contributed by atoms with E-state index in [1.807, 2.05) is 79.7 Å². The van der Waals surface area contributed by atoms with Crippen LogP contribution in [0.2, 0.25) is 0 Å². The molecular weight excluding hydrogens is 598 g/mol. The Hall–Kier alpha value is -5.38. The van der Waals surface area contributed by atoms with E-state index in [1.54, 1.807) is 12.1 Å². The molecule has 2 aliphatic heterocycles. The van der Waals surface area contributed by atoms with Gasteiger partial charge in [-0.2, -0.15) is 5.01 Å². The molecule has 10 heteroatoms. The van der Waals surface area contributed by atoms with Crippen molar-refractivity contribution in [3.63, 3.8) is 0 Å². The number of hydrazine groups is 1. The summed E-state index contributed by atoms with van der Waals surface area (Å²) < 4.78 is 10.8. The molecule has 3 aromatic carbocycles. The van der Waals surface area contributed by atoms with Crippen LogP contribution in [0.4, 0.5) is 5.69 Å². The molecule has 0 aromatic heterocycles. The highest BCUT2D eigenvalue weighted by molar-refractivity contribution is 6.13. The van der Waals surface area contributed by atoms with E-state index in [1.165, 1.54) is 14.2 Å². The van der Waals surface area contributed by atoms with Gasteiger partial charge in [0, 0.05) is 5.92 Å². The van der Waals surface area contributed by atoms with Crippen LogP contribution in [0.25, 0.3) is 6.08 Å². The Morgan fingerprint density at radius 1 is 0.936 bits per heavy atom. The minimum atomic E-state index is -1.36. The summed E-state index contributed by atoms with van der Waals surface area (Å²) in [4.78, 5) is 55.5. The number of anilines is 1. The van der Waals surface area contributed by atoms with Gasteiger partial charge in [-0.3, -0.25) is 29.9 Å². The molecule has 4 aliphatic rings. The van der Waals surface area contributed by atoms with Crippen LogP contribution in [0.1, 0.15) is 29.5 Å². The second-order valence-electron chi connectivity index (χ2n) is 12.6. The number of amides is 4. The van der Waals surface area contributed by atoms with Gasteiger partial charge in [0.15, 0.2) is 11.5 Å². The molecule has 4 amide bonds. The zero-order chi connectivity index (χ0) is 33.0. The largest absolute Gasteiger partial charge is 0.502 e. The molecule has 0 bridgehead atoms. The van der Waals surface area contributed by atoms with E-state index in [4.69, 9.17) is 9.47 Å². The maximum Gasteiger partial charge on any atom is 0.260 e. The number of aryl methyl sites for hydroxylation is 1. The number of hydrogen-bond donors (Lipinski definition) is 3. The average molecular weight is 634 g/mol. The number of allylic oxidation sites excluding steroid dienone is 3. The molecule has 3 aromatic rings. The molecule has 0 radical (unpaired) electrons. The summed E-state index contributed by atoms with van der Waals surface area (Å²) in [5.41, 5.74) is 5.52. The molecule has 3 fully saturated rings. The van der Waals surface area contributed by atoms with Crippen LogP contribution in [0.5, 0.6) is 17.2 Å². The van der Waals surface area contributed by atoms with Crippen LogP contribution < -0.4 is 20.2 Å². The second kappa shape index (κ2) is 11.5. The Balaban J connectivity index is 1.42. The minimum absolute atomic E-state index is 0.141. The number of phenolic OH excluding ortho intramolecular Hbond substituents is 1. The molecule has 10 nitrogen and oxygen atoms in total. The van der Waals surface area contributed by atoms with E-state index in [0.29, 0.717) is 23.2 Å². The number of methoxy groups -OCH3 is 2. The first-order valence-corrected chi connectivity index (χ1v) is 15.6. The van der Waals surface area contributed by atoms with Crippen molar-refractivity contribution >= 4 is 35.4 Å². The molecular formula is C37H35N3O7. The standard InChI is InChI=1S/C37H35N3O7/c1-20-9-12-23(13-10-20)39-40-35(44)28-19-26-24(14-15-25-31(26)34(43)38-33(25)42)27(37(28,36(40)45)22-7-5-4-6-8-22)16-11-21-17-29(46-2)32(41)30(18-21)47-3/h4-14,16-18,25-28,31,39,41H,15,19H2,1-3H3,(H,38,42,43). The number of ether oxygens (including phenoxy) is 2. The monoisotopic (exact) mass is 633 g/mol. The molecule has 1 saturated carbocycles. The highest BCUT2D eigenvalue weighted by Crippen LogP contribution is 2.61. The van der Waals surface area contributed by atoms with Gasteiger partial charge in [-0.25, -0.2) is 0 Å². The van der Waals surface area contributed by atoms with Crippen molar-refractivity contribution in [1.82, 2.24) is 10.3 Å². The fourth-order valence-electron chi connectivity index (χ4n) is 8.12. The van der Waals surface area contributed by atoms with Gasteiger partial charge in [0.05, 0.1) is 43.1 Å². The maximum absolute atomic E-state index is 15.0. The summed E-state index contributed by atoms with van der Waals surface area (Å²) in [6, 6.07) is 20.1. The predicted molar refractivity (Wildman–Crippen MR) is 173 cm³/mol. The summed E-state index contributed by atoms with van der Waals surface area (Å²) in [5, 5.41) is 14.2. The lowest BCUT2D eigenvalue weighted by molar-refractivity contribution is -0.139. The Bertz CT molecular complexity index is 1830. The van der Waals surface area contributed by atoms with Crippen molar-refractivity contribution in [3.8, 4) is 17.2 Å². The Labute approximate surface area is 272 Å². The summed E-state index contributed by atoms with van der Waals surface area (Å²) in [5.74, 6) is -4.25. The number of aromatic hydroxyl groups is 1. The van der Waals surface area contributed by atoms with Gasteiger partial charge in [-0.15, -0.1) is 0 Å². The predicted octanol–water partition coefficient (Wildman–Crippen LogP) is 4.54. The highest BCUT2D eigenvalue weighted by Gasteiger charge is 2.69. The molecule has 0 spiro atoms. The number of carbonyl (C=O) groups is 4. The molecule has 2 heterocycles. The SMILES string of the molecule is COc1cc(C=CC2C3=CCC4C(=O)NC(=O)C4C3CC3C(=O)N(Nc4ccc(C)cc4)C(=O)C23c2ccccc2)cc(OC)c1O. The average Bonchev–Trinajstić information content (AvgIpc) is 3.49. The smallest absolute Gasteiger partial charge is 0.260 e. The first-order chi connectivity index (χ1) is 22.7. The normalized spacial score (nSPS) is 28.0. The van der Waals surface area contributed by atoms with Gasteiger partial charge < -0.3 is 14.6 Å². The second-order valence-corrected chi connectivity index (χ2v) is 12.6. The number of hydrogen-bond acceptors (Lipinski definition) is 8. The number of benzene rings is 3. The quantitative estimate of drug-likeness (QED) is 0.255. The van der Waals surface area contributed by atoms with Crippen molar-refractivity contribution < 1.29 is 33.8 Å². The Morgan fingerprint density at radius 3 is 2.28 bits per heavy atom. The van der Waals surface area contributed by atoms with E-state index >= 15 is 4.79 Å². The van der Waals surface area contributed by atoms with Gasteiger partial charge in [0.25, 0.3) is 11.8 Å². The molecule has 7 rings (SSSR count). The number of imide groups is 2. The summed E-state index contributed by atoms with van der Waals surface area (Å²) in [6.07, 6.45) is 6.29. The number of nitrogens with zero attached hydrogens (tertiary/aromatic N) is 1. The van der Waals surface area contributed by atoms with E-state index in [0.717, 1.165) is 16.1 Å². The van der Waals surface area contributed by atoms with Crippen molar-refractivity contribution in [2.45, 2.75) is 25.2 Å². The first-order valence-electron chi connectivity index (χ1n) is 15.6. The first kappa shape index (κ1) is 30.3. The van der Waals surface area contributed by atoms with Crippen LogP contribution >= 0.6 is 0 Å². The summed E-state index contributed by atoms with van der Waals surface area (Å²) >= 11 is 0. The molecule has 2 aliphatic carbocycles. The lowest BCUT2D eigenvalue weighted by Gasteiger charge is -2.49. The lowest BCUT2D eigenvalue weighted by atomic mass is 9.50. The topological polar surface area (TPSA) is 134 Å². The molecule has 240 valence electrons. The number of carbonyl (C=O) groups excluding carboxylic acids is 4. The van der Waals surface area contributed by atoms with Gasteiger partial charge >= 0.3 is 0 Å². The molecule has 47 heavy (non-hydrogen) atoms. The van der Waals surface area contributed by atoms with Gasteiger partial charge in [-0.05, 0) is 61.1 Å². The Kier molecular flexibility index (Phi) is 7.38. The van der Waals surface area contributed by atoms with E-state index < -0.39 is 46.8 Å². The van der Waals surface area contributed by atoms with Crippen molar-refractivity contribution in [3.05, 3.63) is 101 Å². The zero-order valence-corrected chi connectivity index (χ0v) is 26.2. The third-order valence-electron chi connectivity index (χ3n) is 10.3. The fraction of sp³-hybridized carbons (Fsp3) is 0.297. The molecule has 3 N–H and O–H groups in total. The summed E-state index contributed by atoms with van der Waals surface area (Å²) in [7, 11) is 2.89. The number of fused-ring (bicyclic) bond motifs is 4. The van der Waals surface area contributed by atoms with Crippen LogP contribution in [0, 0.1) is 36.5 Å². The summed E-state index contributed by atoms with van der Waals surface area (Å²) in [6.45, 7) is 1.96. The fourth-order valence-corrected chi connectivity index (χ4v) is 8.12. The van der Waals surface area contributed by atoms with E-state index in [-0.39, 0.29) is 35.5 Å². The molecule has 6 atom stereocenters. The van der Waals surface area contributed by atoms with Crippen LogP contribution in [-0.2, 0) is 24.6 Å². The van der Waals surface area contributed by atoms with Crippen molar-refractivity contribution in [2.75, 3.05) is 19.6 Å². The van der Waals surface area contributed by atoms with Crippen LogP contribution in [0.15, 0.2) is 84.5 Å². The lowest BCUT2D eigenvalue weighted by Crippen LogP contribution is -2.54. The van der Waals surface area contributed by atoms with Gasteiger partial charge in [0.2, 0.25) is 17.6 Å². The van der Waals surface area contributed by atoms with E-state index in [2.05, 4.69) is 10.7 Å². The maximum atomic E-state index is 15.0.